The molecule has 0 aromatic heterocycles. The zero-order valence-corrected chi connectivity index (χ0v) is 9.39. The highest BCUT2D eigenvalue weighted by Crippen LogP contribution is 2.25. The minimum Gasteiger partial charge on any atom is -0.354 e. The SMILES string of the molecule is C1=Nc2ccccc2CN1[C@H]1CCCNC1. The molecule has 3 heteroatoms. The summed E-state index contributed by atoms with van der Waals surface area (Å²) in [6.45, 7) is 3.26. The van der Waals surface area contributed by atoms with E-state index in [2.05, 4.69) is 33.4 Å². The van der Waals surface area contributed by atoms with Crippen LogP contribution in [-0.4, -0.2) is 30.4 Å². The summed E-state index contributed by atoms with van der Waals surface area (Å²) in [5.41, 5.74) is 2.47. The van der Waals surface area contributed by atoms with Crippen LogP contribution in [0.25, 0.3) is 0 Å². The molecule has 1 fully saturated rings. The third-order valence-electron chi connectivity index (χ3n) is 3.43. The van der Waals surface area contributed by atoms with E-state index in [1.165, 1.54) is 18.4 Å². The van der Waals surface area contributed by atoms with Crippen LogP contribution in [0.2, 0.25) is 0 Å². The molecular formula is C13H17N3. The fourth-order valence-electron chi connectivity index (χ4n) is 2.48. The van der Waals surface area contributed by atoms with Crippen molar-refractivity contribution in [3.05, 3.63) is 29.8 Å². The van der Waals surface area contributed by atoms with Gasteiger partial charge in [-0.3, -0.25) is 0 Å². The minimum absolute atomic E-state index is 0.617. The normalized spacial score (nSPS) is 24.2. The third-order valence-corrected chi connectivity index (χ3v) is 3.43. The van der Waals surface area contributed by atoms with Crippen molar-refractivity contribution in [1.82, 2.24) is 10.2 Å². The van der Waals surface area contributed by atoms with Crippen LogP contribution in [0.3, 0.4) is 0 Å². The number of nitrogens with zero attached hydrogens (tertiary/aromatic N) is 2. The lowest BCUT2D eigenvalue weighted by atomic mass is 10.0. The van der Waals surface area contributed by atoms with E-state index < -0.39 is 0 Å². The van der Waals surface area contributed by atoms with Crippen molar-refractivity contribution >= 4 is 12.0 Å². The van der Waals surface area contributed by atoms with Gasteiger partial charge in [0.2, 0.25) is 0 Å². The van der Waals surface area contributed by atoms with E-state index in [1.54, 1.807) is 0 Å². The van der Waals surface area contributed by atoms with Crippen LogP contribution in [0, 0.1) is 0 Å². The van der Waals surface area contributed by atoms with E-state index in [0.717, 1.165) is 25.3 Å². The van der Waals surface area contributed by atoms with Gasteiger partial charge in [0.15, 0.2) is 0 Å². The van der Waals surface area contributed by atoms with Crippen LogP contribution in [0.4, 0.5) is 5.69 Å². The molecule has 84 valence electrons. The number of aliphatic imine (C=N–C) groups is 1. The van der Waals surface area contributed by atoms with Gasteiger partial charge in [0, 0.05) is 19.1 Å². The van der Waals surface area contributed by atoms with Gasteiger partial charge in [-0.15, -0.1) is 0 Å². The second kappa shape index (κ2) is 4.26. The summed E-state index contributed by atoms with van der Waals surface area (Å²) < 4.78 is 0. The van der Waals surface area contributed by atoms with Crippen LogP contribution in [0.1, 0.15) is 18.4 Å². The number of benzene rings is 1. The predicted octanol–water partition coefficient (Wildman–Crippen LogP) is 1.91. The summed E-state index contributed by atoms with van der Waals surface area (Å²) in [6.07, 6.45) is 4.57. The van der Waals surface area contributed by atoms with Gasteiger partial charge in [0.25, 0.3) is 0 Å². The highest BCUT2D eigenvalue weighted by molar-refractivity contribution is 5.67. The number of rotatable bonds is 1. The Morgan fingerprint density at radius 2 is 2.25 bits per heavy atom. The molecule has 1 aromatic rings. The van der Waals surface area contributed by atoms with Crippen LogP contribution in [0.5, 0.6) is 0 Å². The van der Waals surface area contributed by atoms with Gasteiger partial charge in [-0.05, 0) is 31.0 Å². The Hall–Kier alpha value is -1.35. The molecule has 1 aromatic carbocycles. The summed E-state index contributed by atoms with van der Waals surface area (Å²) in [4.78, 5) is 6.89. The summed E-state index contributed by atoms with van der Waals surface area (Å²) in [5.74, 6) is 0. The Morgan fingerprint density at radius 3 is 3.12 bits per heavy atom. The van der Waals surface area contributed by atoms with Crippen molar-refractivity contribution in [1.29, 1.82) is 0 Å². The monoisotopic (exact) mass is 215 g/mol. The lowest BCUT2D eigenvalue weighted by Gasteiger charge is -2.35. The molecule has 0 bridgehead atoms. The van der Waals surface area contributed by atoms with E-state index >= 15 is 0 Å². The summed E-state index contributed by atoms with van der Waals surface area (Å²) >= 11 is 0. The molecule has 2 heterocycles. The van der Waals surface area contributed by atoms with Gasteiger partial charge in [-0.1, -0.05) is 18.2 Å². The molecule has 16 heavy (non-hydrogen) atoms. The molecule has 1 N–H and O–H groups in total. The van der Waals surface area contributed by atoms with Crippen molar-refractivity contribution in [3.8, 4) is 0 Å². The predicted molar refractivity (Wildman–Crippen MR) is 66.0 cm³/mol. The third kappa shape index (κ3) is 1.83. The molecule has 0 aliphatic carbocycles. The molecule has 0 spiro atoms. The number of hydrogen-bond acceptors (Lipinski definition) is 3. The van der Waals surface area contributed by atoms with Gasteiger partial charge in [0.05, 0.1) is 12.0 Å². The van der Waals surface area contributed by atoms with E-state index in [-0.39, 0.29) is 0 Å². The first kappa shape index (κ1) is 9.85. The van der Waals surface area contributed by atoms with E-state index in [4.69, 9.17) is 0 Å². The van der Waals surface area contributed by atoms with Gasteiger partial charge in [-0.25, -0.2) is 4.99 Å². The first-order valence-electron chi connectivity index (χ1n) is 6.02. The number of para-hydroxylation sites is 1. The maximum atomic E-state index is 4.52. The molecule has 0 unspecified atom stereocenters. The van der Waals surface area contributed by atoms with Crippen molar-refractivity contribution < 1.29 is 0 Å². The maximum Gasteiger partial charge on any atom is 0.0918 e. The first-order chi connectivity index (χ1) is 7.93. The van der Waals surface area contributed by atoms with Crippen molar-refractivity contribution in [2.75, 3.05) is 13.1 Å². The van der Waals surface area contributed by atoms with E-state index in [1.807, 2.05) is 12.4 Å². The van der Waals surface area contributed by atoms with E-state index in [9.17, 15) is 0 Å². The van der Waals surface area contributed by atoms with Crippen LogP contribution < -0.4 is 5.32 Å². The quantitative estimate of drug-likeness (QED) is 0.775. The number of piperidine rings is 1. The second-order valence-corrected chi connectivity index (χ2v) is 4.55. The van der Waals surface area contributed by atoms with Crippen molar-refractivity contribution in [2.45, 2.75) is 25.4 Å². The maximum absolute atomic E-state index is 4.52. The Bertz CT molecular complexity index is 394. The van der Waals surface area contributed by atoms with Gasteiger partial charge < -0.3 is 10.2 Å². The molecule has 2 aliphatic rings. The van der Waals surface area contributed by atoms with Crippen LogP contribution in [0.15, 0.2) is 29.3 Å². The first-order valence-corrected chi connectivity index (χ1v) is 6.02. The molecule has 0 saturated carbocycles. The summed E-state index contributed by atoms with van der Waals surface area (Å²) in [5, 5.41) is 3.45. The van der Waals surface area contributed by atoms with Gasteiger partial charge in [0.1, 0.15) is 0 Å². The van der Waals surface area contributed by atoms with Crippen molar-refractivity contribution in [2.24, 2.45) is 4.99 Å². The summed E-state index contributed by atoms with van der Waals surface area (Å²) in [6, 6.07) is 9.02. The molecule has 0 radical (unpaired) electrons. The average Bonchev–Trinajstić information content (AvgIpc) is 2.39. The Morgan fingerprint density at radius 1 is 1.31 bits per heavy atom. The number of nitrogens with one attached hydrogen (secondary N) is 1. The summed E-state index contributed by atoms with van der Waals surface area (Å²) in [7, 11) is 0. The number of fused-ring (bicyclic) bond motifs is 1. The molecule has 1 saturated heterocycles. The Labute approximate surface area is 96.2 Å². The molecule has 1 atom stereocenters. The fourth-order valence-corrected chi connectivity index (χ4v) is 2.48. The van der Waals surface area contributed by atoms with Gasteiger partial charge >= 0.3 is 0 Å². The Balaban J connectivity index is 1.77. The highest BCUT2D eigenvalue weighted by Gasteiger charge is 2.21. The fraction of sp³-hybridized carbons (Fsp3) is 0.462. The minimum atomic E-state index is 0.617. The van der Waals surface area contributed by atoms with Crippen LogP contribution in [-0.2, 0) is 6.54 Å². The molecule has 2 aliphatic heterocycles. The lowest BCUT2D eigenvalue weighted by Crippen LogP contribution is -2.45. The smallest absolute Gasteiger partial charge is 0.0918 e. The molecule has 0 amide bonds. The molecular weight excluding hydrogens is 198 g/mol. The lowest BCUT2D eigenvalue weighted by molar-refractivity contribution is 0.255. The van der Waals surface area contributed by atoms with E-state index in [0.29, 0.717) is 6.04 Å². The largest absolute Gasteiger partial charge is 0.354 e. The zero-order valence-electron chi connectivity index (χ0n) is 9.39. The molecule has 3 rings (SSSR count). The topological polar surface area (TPSA) is 27.6 Å². The average molecular weight is 215 g/mol. The standard InChI is InChI=1S/C13H17N3/c1-2-6-13-11(4-1)9-16(10-15-13)12-5-3-7-14-8-12/h1-2,4,6,10,12,14H,3,5,7-9H2/t12-/m0/s1. The zero-order chi connectivity index (χ0) is 10.8. The van der Waals surface area contributed by atoms with Crippen molar-refractivity contribution in [3.63, 3.8) is 0 Å². The molecule has 3 nitrogen and oxygen atoms in total. The second-order valence-electron chi connectivity index (χ2n) is 4.55. The number of hydrogen-bond donors (Lipinski definition) is 1. The highest BCUT2D eigenvalue weighted by atomic mass is 15.2. The van der Waals surface area contributed by atoms with Gasteiger partial charge in [-0.2, -0.15) is 0 Å². The van der Waals surface area contributed by atoms with Crippen LogP contribution >= 0.6 is 0 Å². The Kier molecular flexibility index (Phi) is 2.62.